The number of nitrogens with zero attached hydrogens (tertiary/aromatic N) is 3. The Morgan fingerprint density at radius 3 is 2.81 bits per heavy atom. The summed E-state index contributed by atoms with van der Waals surface area (Å²) in [5, 5.41) is 6.54. The predicted octanol–water partition coefficient (Wildman–Crippen LogP) is 3.66. The number of aromatic nitrogens is 2. The molecule has 0 bridgehead atoms. The van der Waals surface area contributed by atoms with E-state index in [1.165, 1.54) is 0 Å². The lowest BCUT2D eigenvalue weighted by atomic mass is 10.1. The van der Waals surface area contributed by atoms with Crippen LogP contribution in [-0.2, 0) is 24.2 Å². The van der Waals surface area contributed by atoms with Crippen molar-refractivity contribution in [3.63, 3.8) is 0 Å². The third-order valence-electron chi connectivity index (χ3n) is 4.60. The Kier molecular flexibility index (Phi) is 10.8. The molecular weight excluding hydrogens is 403 g/mol. The summed E-state index contributed by atoms with van der Waals surface area (Å²) in [4.78, 5) is 24.1. The second-order valence-corrected chi connectivity index (χ2v) is 7.38. The topological polar surface area (TPSA) is 58.1 Å². The lowest BCUT2D eigenvalue weighted by Gasteiger charge is -2.31. The quantitative estimate of drug-likeness (QED) is 0.759. The van der Waals surface area contributed by atoms with Crippen LogP contribution in [0.5, 0.6) is 0 Å². The molecule has 1 aliphatic rings. The van der Waals surface area contributed by atoms with Crippen molar-refractivity contribution in [2.45, 2.75) is 51.6 Å². The fourth-order valence-electron chi connectivity index (χ4n) is 3.25. The van der Waals surface area contributed by atoms with Crippen LogP contribution in [-0.4, -0.2) is 39.9 Å². The summed E-state index contributed by atoms with van der Waals surface area (Å²) in [5.41, 5.74) is 1.84. The Hall–Kier alpha value is -1.21. The van der Waals surface area contributed by atoms with Crippen LogP contribution < -0.4 is 5.32 Å². The maximum atomic E-state index is 13.1. The van der Waals surface area contributed by atoms with Crippen molar-refractivity contribution in [3.8, 4) is 0 Å². The molecule has 3 rings (SSSR count). The number of amides is 1. The van der Waals surface area contributed by atoms with Gasteiger partial charge in [-0.2, -0.15) is 0 Å². The first-order chi connectivity index (χ1) is 12.3. The van der Waals surface area contributed by atoms with Crippen molar-refractivity contribution >= 4 is 42.1 Å². The van der Waals surface area contributed by atoms with Gasteiger partial charge >= 0.3 is 0 Å². The van der Waals surface area contributed by atoms with E-state index in [0.717, 1.165) is 55.2 Å². The molecule has 27 heavy (non-hydrogen) atoms. The zero-order chi connectivity index (χ0) is 17.5. The molecule has 1 unspecified atom stereocenters. The second kappa shape index (κ2) is 12.3. The Morgan fingerprint density at radius 1 is 1.26 bits per heavy atom. The van der Waals surface area contributed by atoms with Gasteiger partial charge in [-0.25, -0.2) is 4.98 Å². The molecule has 0 radical (unpaired) electrons. The largest absolute Gasteiger partial charge is 0.333 e. The summed E-state index contributed by atoms with van der Waals surface area (Å²) in [5.74, 6) is 0.158. The molecule has 2 aromatic heterocycles. The maximum absolute atomic E-state index is 13.1. The van der Waals surface area contributed by atoms with Crippen molar-refractivity contribution in [2.24, 2.45) is 0 Å². The third-order valence-corrected chi connectivity index (χ3v) is 5.64. The first-order valence-electron chi connectivity index (χ1n) is 9.09. The molecule has 0 saturated carbocycles. The summed E-state index contributed by atoms with van der Waals surface area (Å²) < 4.78 is 0. The van der Waals surface area contributed by atoms with Gasteiger partial charge in [-0.15, -0.1) is 36.2 Å². The number of carbonyl (C=O) groups excluding carboxylic acids is 1. The van der Waals surface area contributed by atoms with E-state index in [0.29, 0.717) is 13.0 Å². The number of halogens is 2. The lowest BCUT2D eigenvalue weighted by Crippen LogP contribution is -2.41. The van der Waals surface area contributed by atoms with E-state index in [-0.39, 0.29) is 36.8 Å². The second-order valence-electron chi connectivity index (χ2n) is 6.44. The molecule has 0 aliphatic carbocycles. The van der Waals surface area contributed by atoms with Crippen LogP contribution in [0.15, 0.2) is 29.8 Å². The SMILES string of the molecule is CCc1nc(CC(=O)N(Cc2ccccn2)C2CCCNCC2)cs1.Cl.Cl. The summed E-state index contributed by atoms with van der Waals surface area (Å²) in [6.45, 7) is 4.67. The maximum Gasteiger partial charge on any atom is 0.229 e. The van der Waals surface area contributed by atoms with Crippen LogP contribution in [0.1, 0.15) is 42.6 Å². The zero-order valence-electron chi connectivity index (χ0n) is 15.6. The first kappa shape index (κ1) is 23.8. The van der Waals surface area contributed by atoms with Crippen molar-refractivity contribution < 1.29 is 4.79 Å². The van der Waals surface area contributed by atoms with E-state index >= 15 is 0 Å². The molecule has 0 aromatic carbocycles. The van der Waals surface area contributed by atoms with Crippen LogP contribution in [0, 0.1) is 0 Å². The van der Waals surface area contributed by atoms with Crippen molar-refractivity contribution in [3.05, 3.63) is 46.2 Å². The number of hydrogen-bond acceptors (Lipinski definition) is 5. The van der Waals surface area contributed by atoms with Gasteiger partial charge < -0.3 is 10.2 Å². The van der Waals surface area contributed by atoms with Gasteiger partial charge in [-0.3, -0.25) is 9.78 Å². The average molecular weight is 431 g/mol. The normalized spacial score (nSPS) is 16.6. The van der Waals surface area contributed by atoms with Gasteiger partial charge in [0.15, 0.2) is 0 Å². The lowest BCUT2D eigenvalue weighted by molar-refractivity contribution is -0.133. The number of thiazole rings is 1. The minimum Gasteiger partial charge on any atom is -0.333 e. The van der Waals surface area contributed by atoms with Gasteiger partial charge in [0.2, 0.25) is 5.91 Å². The van der Waals surface area contributed by atoms with Gasteiger partial charge in [0.1, 0.15) is 0 Å². The molecule has 1 amide bonds. The minimum absolute atomic E-state index is 0. The van der Waals surface area contributed by atoms with Crippen LogP contribution in [0.2, 0.25) is 0 Å². The molecule has 0 spiro atoms. The highest BCUT2D eigenvalue weighted by Crippen LogP contribution is 2.19. The Labute approximate surface area is 177 Å². The van der Waals surface area contributed by atoms with E-state index in [4.69, 9.17) is 0 Å². The highest BCUT2D eigenvalue weighted by atomic mass is 35.5. The van der Waals surface area contributed by atoms with Crippen LogP contribution in [0.4, 0.5) is 0 Å². The van der Waals surface area contributed by atoms with Gasteiger partial charge in [-0.1, -0.05) is 13.0 Å². The minimum atomic E-state index is 0. The molecule has 1 saturated heterocycles. The summed E-state index contributed by atoms with van der Waals surface area (Å²) in [6, 6.07) is 6.15. The molecule has 150 valence electrons. The molecule has 2 aromatic rings. The molecule has 1 N–H and O–H groups in total. The van der Waals surface area contributed by atoms with E-state index in [9.17, 15) is 4.79 Å². The summed E-state index contributed by atoms with van der Waals surface area (Å²) >= 11 is 1.64. The van der Waals surface area contributed by atoms with E-state index in [2.05, 4.69) is 22.2 Å². The van der Waals surface area contributed by atoms with Crippen molar-refractivity contribution in [1.29, 1.82) is 0 Å². The van der Waals surface area contributed by atoms with Crippen molar-refractivity contribution in [2.75, 3.05) is 13.1 Å². The number of nitrogens with one attached hydrogen (secondary N) is 1. The standard InChI is InChI=1S/C19H26N4OS.2ClH/c1-2-18-22-16(14-25-18)12-19(24)23(13-15-6-3-4-10-21-15)17-7-5-9-20-11-8-17;;/h3-4,6,10,14,17,20H,2,5,7-9,11-13H2,1H3;2*1H. The van der Waals surface area contributed by atoms with E-state index in [1.807, 2.05) is 28.5 Å². The van der Waals surface area contributed by atoms with Gasteiger partial charge in [0.25, 0.3) is 0 Å². The van der Waals surface area contributed by atoms with Crippen LogP contribution >= 0.6 is 36.2 Å². The van der Waals surface area contributed by atoms with Crippen LogP contribution in [0.3, 0.4) is 0 Å². The number of hydrogen-bond donors (Lipinski definition) is 1. The van der Waals surface area contributed by atoms with E-state index in [1.54, 1.807) is 17.5 Å². The fraction of sp³-hybridized carbons (Fsp3) is 0.526. The van der Waals surface area contributed by atoms with Gasteiger partial charge in [0, 0.05) is 17.6 Å². The molecule has 3 heterocycles. The van der Waals surface area contributed by atoms with Crippen molar-refractivity contribution in [1.82, 2.24) is 20.2 Å². The van der Waals surface area contributed by atoms with Gasteiger partial charge in [-0.05, 0) is 50.9 Å². The Balaban J connectivity index is 0.00000182. The average Bonchev–Trinajstić information content (AvgIpc) is 2.92. The number of rotatable bonds is 6. The molecule has 1 atom stereocenters. The first-order valence-corrected chi connectivity index (χ1v) is 9.97. The molecule has 5 nitrogen and oxygen atoms in total. The monoisotopic (exact) mass is 430 g/mol. The predicted molar refractivity (Wildman–Crippen MR) is 115 cm³/mol. The fourth-order valence-corrected chi connectivity index (χ4v) is 3.99. The molecular formula is C19H28Cl2N4OS. The molecule has 1 fully saturated rings. The third kappa shape index (κ3) is 7.03. The summed E-state index contributed by atoms with van der Waals surface area (Å²) in [7, 11) is 0. The smallest absolute Gasteiger partial charge is 0.229 e. The van der Waals surface area contributed by atoms with Crippen LogP contribution in [0.25, 0.3) is 0 Å². The number of pyridine rings is 1. The summed E-state index contributed by atoms with van der Waals surface area (Å²) in [6.07, 6.45) is 6.24. The highest BCUT2D eigenvalue weighted by molar-refractivity contribution is 7.09. The number of carbonyl (C=O) groups is 1. The number of aryl methyl sites for hydroxylation is 1. The van der Waals surface area contributed by atoms with Gasteiger partial charge in [0.05, 0.1) is 29.4 Å². The highest BCUT2D eigenvalue weighted by Gasteiger charge is 2.25. The molecule has 8 heteroatoms. The zero-order valence-corrected chi connectivity index (χ0v) is 18.0. The molecule has 1 aliphatic heterocycles. The van der Waals surface area contributed by atoms with E-state index < -0.39 is 0 Å². The Bertz CT molecular complexity index is 675. The Morgan fingerprint density at radius 2 is 2.11 bits per heavy atom.